The number of hydrogen-bond acceptors (Lipinski definition) is 4. The van der Waals surface area contributed by atoms with Gasteiger partial charge in [0.15, 0.2) is 18.1 Å². The van der Waals surface area contributed by atoms with Crippen LogP contribution in [0.2, 0.25) is 0 Å². The molecular formula is C15H19F3N2O3. The highest BCUT2D eigenvalue weighted by atomic mass is 19.4. The quantitative estimate of drug-likeness (QED) is 0.837. The predicted octanol–water partition coefficient (Wildman–Crippen LogP) is 2.00. The molecule has 0 aliphatic carbocycles. The Morgan fingerprint density at radius 3 is 2.78 bits per heavy atom. The zero-order chi connectivity index (χ0) is 16.9. The van der Waals surface area contributed by atoms with Gasteiger partial charge in [0.05, 0.1) is 13.2 Å². The second-order valence-electron chi connectivity index (χ2n) is 5.26. The number of piperidine rings is 1. The molecule has 0 bridgehead atoms. The zero-order valence-corrected chi connectivity index (χ0v) is 12.7. The highest BCUT2D eigenvalue weighted by molar-refractivity contribution is 5.82. The molecule has 0 aromatic heterocycles. The number of alkyl halides is 3. The van der Waals surface area contributed by atoms with Crippen molar-refractivity contribution in [3.05, 3.63) is 23.8 Å². The summed E-state index contributed by atoms with van der Waals surface area (Å²) in [7, 11) is 1.36. The average molecular weight is 332 g/mol. The minimum atomic E-state index is -4.40. The van der Waals surface area contributed by atoms with Crippen molar-refractivity contribution in [1.29, 1.82) is 0 Å². The number of hydrogen-bond donors (Lipinski definition) is 2. The van der Waals surface area contributed by atoms with Crippen LogP contribution in [0.15, 0.2) is 18.2 Å². The van der Waals surface area contributed by atoms with Gasteiger partial charge in [0.2, 0.25) is 5.91 Å². The SMILES string of the molecule is COc1cc(CN[C@H]2CCCNC2=O)ccc1OCC(F)(F)F. The molecule has 128 valence electrons. The van der Waals surface area contributed by atoms with Crippen molar-refractivity contribution in [3.8, 4) is 11.5 Å². The van der Waals surface area contributed by atoms with Gasteiger partial charge >= 0.3 is 6.18 Å². The Bertz CT molecular complexity index is 549. The van der Waals surface area contributed by atoms with E-state index in [1.54, 1.807) is 12.1 Å². The third kappa shape index (κ3) is 5.31. The summed E-state index contributed by atoms with van der Waals surface area (Å²) >= 11 is 0. The van der Waals surface area contributed by atoms with Crippen molar-refractivity contribution in [2.75, 3.05) is 20.3 Å². The van der Waals surface area contributed by atoms with Crippen LogP contribution >= 0.6 is 0 Å². The second-order valence-corrected chi connectivity index (χ2v) is 5.26. The van der Waals surface area contributed by atoms with Crippen molar-refractivity contribution in [3.63, 3.8) is 0 Å². The van der Waals surface area contributed by atoms with Crippen LogP contribution in [0.1, 0.15) is 18.4 Å². The minimum absolute atomic E-state index is 0.0315. The molecule has 1 aliphatic heterocycles. The highest BCUT2D eigenvalue weighted by Gasteiger charge is 2.29. The van der Waals surface area contributed by atoms with Gasteiger partial charge in [-0.3, -0.25) is 4.79 Å². The van der Waals surface area contributed by atoms with E-state index in [1.807, 2.05) is 0 Å². The lowest BCUT2D eigenvalue weighted by Crippen LogP contribution is -2.47. The van der Waals surface area contributed by atoms with Crippen molar-refractivity contribution in [2.45, 2.75) is 31.6 Å². The van der Waals surface area contributed by atoms with Crippen LogP contribution in [0.4, 0.5) is 13.2 Å². The molecule has 2 N–H and O–H groups in total. The third-order valence-corrected chi connectivity index (χ3v) is 3.46. The van der Waals surface area contributed by atoms with E-state index in [4.69, 9.17) is 9.47 Å². The fraction of sp³-hybridized carbons (Fsp3) is 0.533. The molecular weight excluding hydrogens is 313 g/mol. The lowest BCUT2D eigenvalue weighted by atomic mass is 10.1. The first-order valence-corrected chi connectivity index (χ1v) is 7.26. The van der Waals surface area contributed by atoms with Crippen LogP contribution in [0.5, 0.6) is 11.5 Å². The fourth-order valence-electron chi connectivity index (χ4n) is 2.31. The van der Waals surface area contributed by atoms with Crippen LogP contribution in [0, 0.1) is 0 Å². The number of carbonyl (C=O) groups excluding carboxylic acids is 1. The molecule has 1 atom stereocenters. The van der Waals surface area contributed by atoms with Crippen molar-refractivity contribution < 1.29 is 27.4 Å². The van der Waals surface area contributed by atoms with Gasteiger partial charge in [-0.15, -0.1) is 0 Å². The van der Waals surface area contributed by atoms with Crippen molar-refractivity contribution in [2.24, 2.45) is 0 Å². The van der Waals surface area contributed by atoms with E-state index in [9.17, 15) is 18.0 Å². The molecule has 1 aromatic rings. The van der Waals surface area contributed by atoms with Gasteiger partial charge in [-0.1, -0.05) is 6.07 Å². The molecule has 0 spiro atoms. The van der Waals surface area contributed by atoms with E-state index in [0.717, 1.165) is 18.4 Å². The largest absolute Gasteiger partial charge is 0.493 e. The summed E-state index contributed by atoms with van der Waals surface area (Å²) in [6, 6.07) is 4.42. The first-order valence-electron chi connectivity index (χ1n) is 7.26. The van der Waals surface area contributed by atoms with Gasteiger partial charge in [-0.2, -0.15) is 13.2 Å². The predicted molar refractivity (Wildman–Crippen MR) is 77.4 cm³/mol. The first kappa shape index (κ1) is 17.4. The Balaban J connectivity index is 1.96. The molecule has 5 nitrogen and oxygen atoms in total. The van der Waals surface area contributed by atoms with Gasteiger partial charge < -0.3 is 20.1 Å². The molecule has 0 unspecified atom stereocenters. The standard InChI is InChI=1S/C15H19F3N2O3/c1-22-13-7-10(4-5-12(13)23-9-15(16,17)18)8-20-11-3-2-6-19-14(11)21/h4-5,7,11,20H,2-3,6,8-9H2,1H3,(H,19,21)/t11-/m0/s1. The van der Waals surface area contributed by atoms with E-state index in [1.165, 1.54) is 13.2 Å². The number of amides is 1. The summed E-state index contributed by atoms with van der Waals surface area (Å²) in [5.41, 5.74) is 0.791. The third-order valence-electron chi connectivity index (χ3n) is 3.46. The molecule has 1 saturated heterocycles. The number of ether oxygens (including phenoxy) is 2. The van der Waals surface area contributed by atoms with Crippen LogP contribution in [-0.4, -0.2) is 38.4 Å². The number of carbonyl (C=O) groups is 1. The maximum absolute atomic E-state index is 12.2. The summed E-state index contributed by atoms with van der Waals surface area (Å²) in [6.07, 6.45) is -2.73. The molecule has 0 radical (unpaired) electrons. The number of benzene rings is 1. The molecule has 1 fully saturated rings. The normalized spacial score (nSPS) is 18.4. The fourth-order valence-corrected chi connectivity index (χ4v) is 2.31. The first-order chi connectivity index (χ1) is 10.9. The van der Waals surface area contributed by atoms with Gasteiger partial charge in [0.25, 0.3) is 0 Å². The maximum atomic E-state index is 12.2. The van der Waals surface area contributed by atoms with E-state index >= 15 is 0 Å². The highest BCUT2D eigenvalue weighted by Crippen LogP contribution is 2.29. The molecule has 1 aliphatic rings. The number of nitrogens with one attached hydrogen (secondary N) is 2. The molecule has 1 amide bonds. The Kier molecular flexibility index (Phi) is 5.70. The van der Waals surface area contributed by atoms with E-state index in [0.29, 0.717) is 13.1 Å². The summed E-state index contributed by atoms with van der Waals surface area (Å²) in [6.45, 7) is -0.271. The molecule has 23 heavy (non-hydrogen) atoms. The minimum Gasteiger partial charge on any atom is -0.493 e. The zero-order valence-electron chi connectivity index (χ0n) is 12.7. The van der Waals surface area contributed by atoms with E-state index in [2.05, 4.69) is 10.6 Å². The van der Waals surface area contributed by atoms with Gasteiger partial charge in [0.1, 0.15) is 0 Å². The number of rotatable bonds is 6. The Morgan fingerprint density at radius 2 is 2.13 bits per heavy atom. The lowest BCUT2D eigenvalue weighted by Gasteiger charge is -2.23. The van der Waals surface area contributed by atoms with Crippen LogP contribution < -0.4 is 20.1 Å². The molecule has 8 heteroatoms. The second kappa shape index (κ2) is 7.54. The molecule has 1 aromatic carbocycles. The van der Waals surface area contributed by atoms with Gasteiger partial charge in [-0.25, -0.2) is 0 Å². The Morgan fingerprint density at radius 1 is 1.35 bits per heavy atom. The van der Waals surface area contributed by atoms with Gasteiger partial charge in [0, 0.05) is 13.1 Å². The maximum Gasteiger partial charge on any atom is 0.422 e. The number of methoxy groups -OCH3 is 1. The summed E-state index contributed by atoms with van der Waals surface area (Å²) in [5.74, 6) is 0.221. The summed E-state index contributed by atoms with van der Waals surface area (Å²) in [4.78, 5) is 11.6. The van der Waals surface area contributed by atoms with E-state index in [-0.39, 0.29) is 23.4 Å². The lowest BCUT2D eigenvalue weighted by molar-refractivity contribution is -0.153. The van der Waals surface area contributed by atoms with Gasteiger partial charge in [-0.05, 0) is 30.5 Å². The molecule has 2 rings (SSSR count). The van der Waals surface area contributed by atoms with Crippen molar-refractivity contribution >= 4 is 5.91 Å². The Hall–Kier alpha value is -1.96. The topological polar surface area (TPSA) is 59.6 Å². The van der Waals surface area contributed by atoms with Crippen LogP contribution in [0.3, 0.4) is 0 Å². The average Bonchev–Trinajstić information content (AvgIpc) is 2.51. The Labute approximate surface area is 132 Å². The van der Waals surface area contributed by atoms with E-state index < -0.39 is 12.8 Å². The van der Waals surface area contributed by atoms with Crippen LogP contribution in [0.25, 0.3) is 0 Å². The van der Waals surface area contributed by atoms with Crippen molar-refractivity contribution in [1.82, 2.24) is 10.6 Å². The monoisotopic (exact) mass is 332 g/mol. The summed E-state index contributed by atoms with van der Waals surface area (Å²) < 4.78 is 46.4. The molecule has 1 heterocycles. The smallest absolute Gasteiger partial charge is 0.422 e. The summed E-state index contributed by atoms with van der Waals surface area (Å²) in [5, 5.41) is 5.90. The number of halogens is 3. The van der Waals surface area contributed by atoms with Crippen LogP contribution in [-0.2, 0) is 11.3 Å². The molecule has 0 saturated carbocycles.